The van der Waals surface area contributed by atoms with E-state index in [0.29, 0.717) is 19.1 Å². The molecule has 20 heavy (non-hydrogen) atoms. The van der Waals surface area contributed by atoms with Crippen LogP contribution in [0.3, 0.4) is 0 Å². The number of hydrogen-bond donors (Lipinski definition) is 2. The summed E-state index contributed by atoms with van der Waals surface area (Å²) in [7, 11) is 1.50. The molecule has 0 saturated carbocycles. The van der Waals surface area contributed by atoms with Crippen LogP contribution < -0.4 is 15.8 Å². The molecule has 0 heterocycles. The lowest BCUT2D eigenvalue weighted by Gasteiger charge is -2.26. The van der Waals surface area contributed by atoms with Crippen LogP contribution in [0.15, 0.2) is 24.3 Å². The van der Waals surface area contributed by atoms with Crippen molar-refractivity contribution in [3.8, 4) is 5.75 Å². The molecule has 0 saturated heterocycles. The van der Waals surface area contributed by atoms with Gasteiger partial charge in [-0.25, -0.2) is 0 Å². The first kappa shape index (κ1) is 16.3. The third-order valence-electron chi connectivity index (χ3n) is 2.93. The molecule has 0 spiro atoms. The van der Waals surface area contributed by atoms with Crippen LogP contribution >= 0.6 is 0 Å². The molecule has 1 atom stereocenters. The predicted molar refractivity (Wildman–Crippen MR) is 68.4 cm³/mol. The number of carbonyl (C=O) groups excluding carboxylic acids is 1. The molecule has 112 valence electrons. The average molecular weight is 290 g/mol. The van der Waals surface area contributed by atoms with Crippen LogP contribution in [-0.4, -0.2) is 31.3 Å². The van der Waals surface area contributed by atoms with Crippen LogP contribution in [0.25, 0.3) is 0 Å². The van der Waals surface area contributed by atoms with E-state index >= 15 is 0 Å². The van der Waals surface area contributed by atoms with E-state index in [1.807, 2.05) is 0 Å². The Hall–Kier alpha value is -1.76. The van der Waals surface area contributed by atoms with Crippen LogP contribution in [0.1, 0.15) is 12.5 Å². The summed E-state index contributed by atoms with van der Waals surface area (Å²) >= 11 is 0. The van der Waals surface area contributed by atoms with E-state index in [9.17, 15) is 18.0 Å². The molecule has 1 aromatic carbocycles. The summed E-state index contributed by atoms with van der Waals surface area (Å²) in [6, 6.07) is 7.07. The van der Waals surface area contributed by atoms with Crippen LogP contribution in [0.4, 0.5) is 13.2 Å². The summed E-state index contributed by atoms with van der Waals surface area (Å²) in [6.45, 7) is 0.688. The summed E-state index contributed by atoms with van der Waals surface area (Å²) in [4.78, 5) is 11.5. The van der Waals surface area contributed by atoms with Crippen molar-refractivity contribution in [1.82, 2.24) is 5.32 Å². The number of nitrogens with one attached hydrogen (secondary N) is 1. The molecule has 0 aliphatic rings. The Morgan fingerprint density at radius 2 is 1.95 bits per heavy atom. The minimum atomic E-state index is -4.79. The fourth-order valence-corrected chi connectivity index (χ4v) is 1.53. The maximum atomic E-state index is 12.5. The van der Waals surface area contributed by atoms with Crippen molar-refractivity contribution in [3.63, 3.8) is 0 Å². The summed E-state index contributed by atoms with van der Waals surface area (Å²) in [5, 5.41) is 2.19. The molecule has 7 heteroatoms. The van der Waals surface area contributed by atoms with E-state index in [1.54, 1.807) is 24.3 Å². The van der Waals surface area contributed by atoms with E-state index < -0.39 is 17.6 Å². The minimum absolute atomic E-state index is 0.0437. The number of carbonyl (C=O) groups is 1. The van der Waals surface area contributed by atoms with Crippen molar-refractivity contribution < 1.29 is 22.7 Å². The van der Waals surface area contributed by atoms with E-state index in [-0.39, 0.29) is 6.54 Å². The van der Waals surface area contributed by atoms with Crippen LogP contribution in [0.5, 0.6) is 5.75 Å². The highest BCUT2D eigenvalue weighted by atomic mass is 19.4. The number of benzene rings is 1. The second-order valence-corrected chi connectivity index (χ2v) is 4.52. The minimum Gasteiger partial charge on any atom is -0.496 e. The first-order valence-electron chi connectivity index (χ1n) is 5.96. The summed E-state index contributed by atoms with van der Waals surface area (Å²) < 4.78 is 42.7. The van der Waals surface area contributed by atoms with Gasteiger partial charge in [0.15, 0.2) is 5.54 Å². The Labute approximate surface area is 115 Å². The Kier molecular flexibility index (Phi) is 4.99. The van der Waals surface area contributed by atoms with Gasteiger partial charge in [0.1, 0.15) is 5.75 Å². The highest BCUT2D eigenvalue weighted by molar-refractivity contribution is 5.86. The first-order chi connectivity index (χ1) is 9.20. The normalized spacial score (nSPS) is 14.5. The number of para-hydroxylation sites is 1. The van der Waals surface area contributed by atoms with Gasteiger partial charge < -0.3 is 15.8 Å². The molecule has 0 bridgehead atoms. The molecule has 1 unspecified atom stereocenters. The van der Waals surface area contributed by atoms with Crippen molar-refractivity contribution in [3.05, 3.63) is 29.8 Å². The topological polar surface area (TPSA) is 64.3 Å². The second-order valence-electron chi connectivity index (χ2n) is 4.52. The molecule has 4 nitrogen and oxygen atoms in total. The Balaban J connectivity index is 2.59. The number of halogens is 3. The van der Waals surface area contributed by atoms with Gasteiger partial charge in [0, 0.05) is 6.54 Å². The highest BCUT2D eigenvalue weighted by Crippen LogP contribution is 2.27. The van der Waals surface area contributed by atoms with Gasteiger partial charge in [-0.15, -0.1) is 0 Å². The van der Waals surface area contributed by atoms with Crippen molar-refractivity contribution in [2.75, 3.05) is 13.7 Å². The molecule has 1 aromatic rings. The highest BCUT2D eigenvalue weighted by Gasteiger charge is 2.53. The molecule has 3 N–H and O–H groups in total. The molecule has 0 fully saturated rings. The Morgan fingerprint density at radius 1 is 1.35 bits per heavy atom. The van der Waals surface area contributed by atoms with Gasteiger partial charge in [-0.1, -0.05) is 18.2 Å². The van der Waals surface area contributed by atoms with Crippen LogP contribution in [0, 0.1) is 0 Å². The third-order valence-corrected chi connectivity index (χ3v) is 2.93. The van der Waals surface area contributed by atoms with Gasteiger partial charge in [0.05, 0.1) is 7.11 Å². The number of amides is 1. The zero-order valence-electron chi connectivity index (χ0n) is 11.3. The second kappa shape index (κ2) is 6.13. The van der Waals surface area contributed by atoms with Gasteiger partial charge in [-0.3, -0.25) is 4.79 Å². The molecule has 0 aliphatic heterocycles. The van der Waals surface area contributed by atoms with Crippen LogP contribution in [0.2, 0.25) is 0 Å². The average Bonchev–Trinajstić information content (AvgIpc) is 2.37. The summed E-state index contributed by atoms with van der Waals surface area (Å²) in [5.74, 6) is -0.632. The van der Waals surface area contributed by atoms with E-state index in [4.69, 9.17) is 10.5 Å². The quantitative estimate of drug-likeness (QED) is 0.866. The lowest BCUT2D eigenvalue weighted by atomic mass is 10.0. The molecule has 1 amide bonds. The fourth-order valence-electron chi connectivity index (χ4n) is 1.53. The Bertz CT molecular complexity index is 473. The molecular weight excluding hydrogens is 273 g/mol. The third kappa shape index (κ3) is 3.63. The largest absolute Gasteiger partial charge is 0.496 e. The van der Waals surface area contributed by atoms with E-state index in [0.717, 1.165) is 5.56 Å². The SMILES string of the molecule is COc1ccccc1CCNC(=O)C(C)(N)C(F)(F)F. The van der Waals surface area contributed by atoms with Crippen molar-refractivity contribution in [1.29, 1.82) is 0 Å². The monoisotopic (exact) mass is 290 g/mol. The maximum absolute atomic E-state index is 12.5. The molecule has 0 radical (unpaired) electrons. The van der Waals surface area contributed by atoms with Gasteiger partial charge in [-0.2, -0.15) is 13.2 Å². The zero-order valence-corrected chi connectivity index (χ0v) is 11.3. The van der Waals surface area contributed by atoms with Crippen LogP contribution in [-0.2, 0) is 11.2 Å². The maximum Gasteiger partial charge on any atom is 0.415 e. The number of rotatable bonds is 5. The molecule has 1 rings (SSSR count). The molecule has 0 aromatic heterocycles. The predicted octanol–water partition coefficient (Wildman–Crippen LogP) is 1.63. The van der Waals surface area contributed by atoms with E-state index in [2.05, 4.69) is 5.32 Å². The summed E-state index contributed by atoms with van der Waals surface area (Å²) in [6.07, 6.45) is -4.44. The lowest BCUT2D eigenvalue weighted by molar-refractivity contribution is -0.187. The number of alkyl halides is 3. The number of nitrogens with two attached hydrogens (primary N) is 1. The lowest BCUT2D eigenvalue weighted by Crippen LogP contribution is -2.61. The van der Waals surface area contributed by atoms with Crippen molar-refractivity contribution in [2.45, 2.75) is 25.1 Å². The fraction of sp³-hybridized carbons (Fsp3) is 0.462. The van der Waals surface area contributed by atoms with Crippen molar-refractivity contribution >= 4 is 5.91 Å². The smallest absolute Gasteiger partial charge is 0.415 e. The Morgan fingerprint density at radius 3 is 2.50 bits per heavy atom. The van der Waals surface area contributed by atoms with Gasteiger partial charge >= 0.3 is 6.18 Å². The standard InChI is InChI=1S/C13H17F3N2O2/c1-12(17,13(14,15)16)11(19)18-8-7-9-5-3-4-6-10(9)20-2/h3-6H,7-8,17H2,1-2H3,(H,18,19). The van der Waals surface area contributed by atoms with Gasteiger partial charge in [0.2, 0.25) is 5.91 Å². The van der Waals surface area contributed by atoms with Gasteiger partial charge in [-0.05, 0) is 25.0 Å². The van der Waals surface area contributed by atoms with Crippen molar-refractivity contribution in [2.24, 2.45) is 5.73 Å². The number of hydrogen-bond acceptors (Lipinski definition) is 3. The summed E-state index contributed by atoms with van der Waals surface area (Å²) in [5.41, 5.74) is 2.91. The van der Waals surface area contributed by atoms with E-state index in [1.165, 1.54) is 7.11 Å². The molecule has 0 aliphatic carbocycles. The molecular formula is C13H17F3N2O2. The number of methoxy groups -OCH3 is 1. The zero-order chi connectivity index (χ0) is 15.4. The first-order valence-corrected chi connectivity index (χ1v) is 5.96. The number of ether oxygens (including phenoxy) is 1. The van der Waals surface area contributed by atoms with Gasteiger partial charge in [0.25, 0.3) is 0 Å².